The molecule has 28 heavy (non-hydrogen) atoms. The third-order valence-corrected chi connectivity index (χ3v) is 4.95. The molecule has 0 aliphatic carbocycles. The predicted molar refractivity (Wildman–Crippen MR) is 105 cm³/mol. The fraction of sp³-hybridized carbons (Fsp3) is 0.350. The van der Waals surface area contributed by atoms with Gasteiger partial charge in [0, 0.05) is 36.5 Å². The van der Waals surface area contributed by atoms with Gasteiger partial charge in [-0.3, -0.25) is 14.9 Å². The van der Waals surface area contributed by atoms with Crippen molar-refractivity contribution in [2.45, 2.75) is 25.4 Å². The maximum absolute atomic E-state index is 13.0. The number of non-ortho nitro benzene ring substituents is 1. The van der Waals surface area contributed by atoms with E-state index in [9.17, 15) is 20.0 Å². The Bertz CT molecular complexity index is 871. The molecule has 1 amide bonds. The first-order valence-electron chi connectivity index (χ1n) is 9.11. The molecule has 0 bridgehead atoms. The molecule has 1 unspecified atom stereocenters. The highest BCUT2D eigenvalue weighted by atomic mass is 16.6. The molecule has 8 heteroatoms. The van der Waals surface area contributed by atoms with Gasteiger partial charge in [0.15, 0.2) is 0 Å². The van der Waals surface area contributed by atoms with Crippen LogP contribution in [0.3, 0.4) is 0 Å². The second-order valence-electron chi connectivity index (χ2n) is 6.63. The normalized spacial score (nSPS) is 16.1. The molecule has 2 aromatic rings. The number of nitrogens with zero attached hydrogens (tertiary/aromatic N) is 2. The summed E-state index contributed by atoms with van der Waals surface area (Å²) < 4.78 is 5.29. The van der Waals surface area contributed by atoms with Gasteiger partial charge in [-0.05, 0) is 31.0 Å². The van der Waals surface area contributed by atoms with E-state index in [2.05, 4.69) is 5.32 Å². The van der Waals surface area contributed by atoms with Crippen molar-refractivity contribution >= 4 is 17.3 Å². The second kappa shape index (κ2) is 8.71. The molecule has 0 radical (unpaired) electrons. The van der Waals surface area contributed by atoms with E-state index in [1.165, 1.54) is 19.2 Å². The zero-order chi connectivity index (χ0) is 20.1. The molecule has 3 rings (SSSR count). The summed E-state index contributed by atoms with van der Waals surface area (Å²) in [5.74, 6) is 0.396. The van der Waals surface area contributed by atoms with E-state index < -0.39 is 4.92 Å². The van der Waals surface area contributed by atoms with E-state index in [4.69, 9.17) is 4.74 Å². The molecule has 1 aliphatic rings. The number of carbonyl (C=O) groups is 1. The number of nitro groups is 1. The molecule has 0 spiro atoms. The van der Waals surface area contributed by atoms with Gasteiger partial charge in [-0.2, -0.15) is 0 Å². The number of benzene rings is 2. The number of rotatable bonds is 7. The highest BCUT2D eigenvalue weighted by molar-refractivity contribution is 6.00. The second-order valence-corrected chi connectivity index (χ2v) is 6.63. The summed E-state index contributed by atoms with van der Waals surface area (Å²) in [5, 5.41) is 23.7. The highest BCUT2D eigenvalue weighted by Crippen LogP contribution is 2.27. The van der Waals surface area contributed by atoms with Crippen molar-refractivity contribution in [2.24, 2.45) is 0 Å². The van der Waals surface area contributed by atoms with E-state index in [1.54, 1.807) is 29.2 Å². The van der Waals surface area contributed by atoms with Crippen LogP contribution in [0, 0.1) is 10.1 Å². The number of nitrogens with one attached hydrogen (secondary N) is 1. The van der Waals surface area contributed by atoms with Crippen molar-refractivity contribution in [3.63, 3.8) is 0 Å². The number of methoxy groups -OCH3 is 1. The Labute approximate surface area is 162 Å². The third-order valence-electron chi connectivity index (χ3n) is 4.95. The zero-order valence-corrected chi connectivity index (χ0v) is 15.6. The molecule has 0 aromatic heterocycles. The van der Waals surface area contributed by atoms with Gasteiger partial charge < -0.3 is 20.1 Å². The number of anilines is 1. The first kappa shape index (κ1) is 19.6. The molecule has 1 aliphatic heterocycles. The largest absolute Gasteiger partial charge is 0.496 e. The molecular weight excluding hydrogens is 362 g/mol. The summed E-state index contributed by atoms with van der Waals surface area (Å²) >= 11 is 0. The van der Waals surface area contributed by atoms with E-state index in [0.29, 0.717) is 29.1 Å². The zero-order valence-electron chi connectivity index (χ0n) is 15.6. The number of amides is 1. The molecule has 8 nitrogen and oxygen atoms in total. The van der Waals surface area contributed by atoms with Gasteiger partial charge in [0.25, 0.3) is 11.6 Å². The molecular formula is C20H23N3O5. The smallest absolute Gasteiger partial charge is 0.270 e. The number of ether oxygens (including phenoxy) is 1. The number of hydrogen-bond acceptors (Lipinski definition) is 6. The Morgan fingerprint density at radius 2 is 2.14 bits per heavy atom. The van der Waals surface area contributed by atoms with Gasteiger partial charge in [-0.15, -0.1) is 0 Å². The van der Waals surface area contributed by atoms with Gasteiger partial charge in [-0.25, -0.2) is 0 Å². The summed E-state index contributed by atoms with van der Waals surface area (Å²) in [6, 6.07) is 11.4. The van der Waals surface area contributed by atoms with Crippen molar-refractivity contribution in [2.75, 3.05) is 25.6 Å². The molecule has 1 saturated heterocycles. The summed E-state index contributed by atoms with van der Waals surface area (Å²) in [4.78, 5) is 25.3. The number of carbonyl (C=O) groups excluding carboxylic acids is 1. The summed E-state index contributed by atoms with van der Waals surface area (Å²) in [7, 11) is 1.50. The molecule has 148 valence electrons. The van der Waals surface area contributed by atoms with Crippen LogP contribution >= 0.6 is 0 Å². The van der Waals surface area contributed by atoms with Crippen LogP contribution in [0.25, 0.3) is 0 Å². The number of likely N-dealkylation sites (tertiary alicyclic amines) is 1. The van der Waals surface area contributed by atoms with Gasteiger partial charge in [0.1, 0.15) is 5.75 Å². The quantitative estimate of drug-likeness (QED) is 0.561. The van der Waals surface area contributed by atoms with Crippen LogP contribution < -0.4 is 10.1 Å². The Kier molecular flexibility index (Phi) is 6.10. The van der Waals surface area contributed by atoms with E-state index in [0.717, 1.165) is 12.8 Å². The van der Waals surface area contributed by atoms with Crippen LogP contribution in [-0.4, -0.2) is 47.1 Å². The lowest BCUT2D eigenvalue weighted by atomic mass is 10.1. The molecule has 2 N–H and O–H groups in total. The van der Waals surface area contributed by atoms with Gasteiger partial charge in [0.05, 0.1) is 30.2 Å². The molecule has 0 saturated carbocycles. The van der Waals surface area contributed by atoms with Crippen LogP contribution in [0.4, 0.5) is 11.4 Å². The summed E-state index contributed by atoms with van der Waals surface area (Å²) in [6.07, 6.45) is 1.67. The van der Waals surface area contributed by atoms with Gasteiger partial charge >= 0.3 is 0 Å². The number of aliphatic hydroxyl groups is 1. The lowest BCUT2D eigenvalue weighted by Gasteiger charge is -2.24. The minimum Gasteiger partial charge on any atom is -0.496 e. The first-order valence-corrected chi connectivity index (χ1v) is 9.11. The van der Waals surface area contributed by atoms with E-state index in [-0.39, 0.29) is 30.8 Å². The average molecular weight is 385 g/mol. The summed E-state index contributed by atoms with van der Waals surface area (Å²) in [6.45, 7) is 0.835. The third kappa shape index (κ3) is 4.07. The SMILES string of the molecule is COc1ccc([N+](=O)[O-])cc1CNc1ccccc1C(=O)N1CCCC1CO. The highest BCUT2D eigenvalue weighted by Gasteiger charge is 2.29. The lowest BCUT2D eigenvalue weighted by molar-refractivity contribution is -0.384. The van der Waals surface area contributed by atoms with Crippen molar-refractivity contribution in [3.8, 4) is 5.75 Å². The maximum Gasteiger partial charge on any atom is 0.270 e. The maximum atomic E-state index is 13.0. The van der Waals surface area contributed by atoms with Crippen LogP contribution in [0.2, 0.25) is 0 Å². The molecule has 1 heterocycles. The van der Waals surface area contributed by atoms with Crippen LogP contribution in [0.15, 0.2) is 42.5 Å². The van der Waals surface area contributed by atoms with Crippen molar-refractivity contribution < 1.29 is 19.6 Å². The van der Waals surface area contributed by atoms with Crippen LogP contribution in [0.5, 0.6) is 5.75 Å². The number of para-hydroxylation sites is 1. The fourth-order valence-electron chi connectivity index (χ4n) is 3.48. The topological polar surface area (TPSA) is 105 Å². The summed E-state index contributed by atoms with van der Waals surface area (Å²) in [5.41, 5.74) is 1.73. The van der Waals surface area contributed by atoms with Crippen molar-refractivity contribution in [1.82, 2.24) is 4.90 Å². The number of hydrogen-bond donors (Lipinski definition) is 2. The van der Waals surface area contributed by atoms with E-state index >= 15 is 0 Å². The minimum atomic E-state index is -0.456. The van der Waals surface area contributed by atoms with Gasteiger partial charge in [-0.1, -0.05) is 12.1 Å². The lowest BCUT2D eigenvalue weighted by Crippen LogP contribution is -2.37. The average Bonchev–Trinajstić information content (AvgIpc) is 3.20. The van der Waals surface area contributed by atoms with Gasteiger partial charge in [0.2, 0.25) is 0 Å². The molecule has 1 fully saturated rings. The van der Waals surface area contributed by atoms with Crippen molar-refractivity contribution in [1.29, 1.82) is 0 Å². The van der Waals surface area contributed by atoms with Crippen LogP contribution in [0.1, 0.15) is 28.8 Å². The Morgan fingerprint density at radius 3 is 2.86 bits per heavy atom. The van der Waals surface area contributed by atoms with Crippen LogP contribution in [-0.2, 0) is 6.54 Å². The standard InChI is InChI=1S/C20H23N3O5/c1-28-19-9-8-15(23(26)27)11-14(19)12-21-18-7-3-2-6-17(18)20(25)22-10-4-5-16(22)13-24/h2-3,6-9,11,16,21,24H,4-5,10,12-13H2,1H3. The molecule has 2 aromatic carbocycles. The van der Waals surface area contributed by atoms with E-state index in [1.807, 2.05) is 6.07 Å². The fourth-order valence-corrected chi connectivity index (χ4v) is 3.48. The predicted octanol–water partition coefficient (Wildman–Crippen LogP) is 2.81. The Morgan fingerprint density at radius 1 is 1.36 bits per heavy atom. The Balaban J connectivity index is 1.82. The minimum absolute atomic E-state index is 0.0233. The number of aliphatic hydroxyl groups excluding tert-OH is 1. The number of nitro benzene ring substituents is 1. The van der Waals surface area contributed by atoms with Crippen molar-refractivity contribution in [3.05, 3.63) is 63.7 Å². The Hall–Kier alpha value is -3.13. The first-order chi connectivity index (χ1) is 13.5. The molecule has 1 atom stereocenters. The monoisotopic (exact) mass is 385 g/mol.